The van der Waals surface area contributed by atoms with Gasteiger partial charge in [-0.3, -0.25) is 0 Å². The number of rotatable bonds is 5. The zero-order chi connectivity index (χ0) is 8.69. The minimum atomic E-state index is 0.795. The molecule has 0 aliphatic rings. The fourth-order valence-corrected chi connectivity index (χ4v) is 1.06. The molecule has 0 nitrogen and oxygen atoms in total. The molecule has 0 aliphatic heterocycles. The SMILES string of the molecule is C=CC[C@H](C)CCC=C(C)C. The van der Waals surface area contributed by atoms with E-state index in [1.807, 2.05) is 6.08 Å². The first-order chi connectivity index (χ1) is 5.16. The first-order valence-electron chi connectivity index (χ1n) is 4.41. The quantitative estimate of drug-likeness (QED) is 0.523. The summed E-state index contributed by atoms with van der Waals surface area (Å²) in [6, 6.07) is 0. The molecule has 64 valence electrons. The zero-order valence-electron chi connectivity index (χ0n) is 8.06. The Morgan fingerprint density at radius 2 is 2.09 bits per heavy atom. The van der Waals surface area contributed by atoms with Crippen molar-refractivity contribution in [3.8, 4) is 0 Å². The smallest absolute Gasteiger partial charge is 0.0327 e. The van der Waals surface area contributed by atoms with Crippen molar-refractivity contribution in [2.45, 2.75) is 40.0 Å². The Balaban J connectivity index is 3.38. The van der Waals surface area contributed by atoms with Gasteiger partial charge in [0.1, 0.15) is 0 Å². The summed E-state index contributed by atoms with van der Waals surface area (Å²) in [6.07, 6.45) is 7.97. The van der Waals surface area contributed by atoms with E-state index in [4.69, 9.17) is 0 Å². The Morgan fingerprint density at radius 1 is 1.45 bits per heavy atom. The van der Waals surface area contributed by atoms with Crippen LogP contribution in [-0.2, 0) is 0 Å². The fraction of sp³-hybridized carbons (Fsp3) is 0.636. The second kappa shape index (κ2) is 6.21. The highest BCUT2D eigenvalue weighted by Crippen LogP contribution is 2.11. The Hall–Kier alpha value is -0.520. The van der Waals surface area contributed by atoms with Gasteiger partial charge in [0.2, 0.25) is 0 Å². The molecule has 0 rings (SSSR count). The predicted octanol–water partition coefficient (Wildman–Crippen LogP) is 3.95. The van der Waals surface area contributed by atoms with Crippen LogP contribution in [0.2, 0.25) is 0 Å². The van der Waals surface area contributed by atoms with Crippen molar-refractivity contribution in [1.29, 1.82) is 0 Å². The highest BCUT2D eigenvalue weighted by molar-refractivity contribution is 4.92. The van der Waals surface area contributed by atoms with Gasteiger partial charge >= 0.3 is 0 Å². The van der Waals surface area contributed by atoms with Gasteiger partial charge in [-0.05, 0) is 39.0 Å². The third-order valence-corrected chi connectivity index (χ3v) is 1.78. The fourth-order valence-electron chi connectivity index (χ4n) is 1.06. The third-order valence-electron chi connectivity index (χ3n) is 1.78. The molecule has 1 atom stereocenters. The van der Waals surface area contributed by atoms with Gasteiger partial charge in [0.25, 0.3) is 0 Å². The number of allylic oxidation sites excluding steroid dienone is 3. The standard InChI is InChI=1S/C11H20/c1-5-7-11(4)9-6-8-10(2)3/h5,8,11H,1,6-7,9H2,2-4H3/t11-/m0/s1. The van der Waals surface area contributed by atoms with Gasteiger partial charge in [0.15, 0.2) is 0 Å². The van der Waals surface area contributed by atoms with Crippen LogP contribution in [-0.4, -0.2) is 0 Å². The van der Waals surface area contributed by atoms with Gasteiger partial charge < -0.3 is 0 Å². The Labute approximate surface area is 71.0 Å². The van der Waals surface area contributed by atoms with E-state index in [2.05, 4.69) is 33.4 Å². The second-order valence-corrected chi connectivity index (χ2v) is 3.49. The van der Waals surface area contributed by atoms with E-state index in [-0.39, 0.29) is 0 Å². The largest absolute Gasteiger partial charge is 0.103 e. The molecule has 0 bridgehead atoms. The molecule has 0 aromatic carbocycles. The van der Waals surface area contributed by atoms with Gasteiger partial charge in [-0.25, -0.2) is 0 Å². The molecule has 0 fully saturated rings. The molecule has 0 heterocycles. The lowest BCUT2D eigenvalue weighted by atomic mass is 10.0. The third kappa shape index (κ3) is 7.38. The molecule has 0 aromatic rings. The van der Waals surface area contributed by atoms with Crippen molar-refractivity contribution < 1.29 is 0 Å². The maximum absolute atomic E-state index is 3.73. The number of hydrogen-bond acceptors (Lipinski definition) is 0. The highest BCUT2D eigenvalue weighted by Gasteiger charge is 1.96. The van der Waals surface area contributed by atoms with Crippen LogP contribution < -0.4 is 0 Å². The highest BCUT2D eigenvalue weighted by atomic mass is 14.0. The van der Waals surface area contributed by atoms with Crippen molar-refractivity contribution in [2.24, 2.45) is 5.92 Å². The molecular weight excluding hydrogens is 132 g/mol. The molecule has 0 aromatic heterocycles. The summed E-state index contributed by atoms with van der Waals surface area (Å²) in [5.41, 5.74) is 1.43. The van der Waals surface area contributed by atoms with Crippen molar-refractivity contribution in [3.63, 3.8) is 0 Å². The van der Waals surface area contributed by atoms with Crippen LogP contribution in [0, 0.1) is 5.92 Å². The van der Waals surface area contributed by atoms with E-state index in [9.17, 15) is 0 Å². The van der Waals surface area contributed by atoms with Crippen LogP contribution in [0.15, 0.2) is 24.3 Å². The van der Waals surface area contributed by atoms with Crippen LogP contribution in [0.5, 0.6) is 0 Å². The molecule has 11 heavy (non-hydrogen) atoms. The molecular formula is C11H20. The summed E-state index contributed by atoms with van der Waals surface area (Å²) in [5, 5.41) is 0. The molecule has 0 spiro atoms. The lowest BCUT2D eigenvalue weighted by Crippen LogP contribution is -1.90. The van der Waals surface area contributed by atoms with Gasteiger partial charge in [0, 0.05) is 0 Å². The second-order valence-electron chi connectivity index (χ2n) is 3.49. The normalized spacial score (nSPS) is 12.3. The Kier molecular flexibility index (Phi) is 5.91. The zero-order valence-corrected chi connectivity index (χ0v) is 8.06. The molecule has 0 heteroatoms. The van der Waals surface area contributed by atoms with Crippen molar-refractivity contribution in [3.05, 3.63) is 24.3 Å². The van der Waals surface area contributed by atoms with Gasteiger partial charge in [-0.2, -0.15) is 0 Å². The number of hydrogen-bond donors (Lipinski definition) is 0. The summed E-state index contributed by atoms with van der Waals surface area (Å²) < 4.78 is 0. The van der Waals surface area contributed by atoms with Gasteiger partial charge in [-0.15, -0.1) is 6.58 Å². The molecule has 0 amide bonds. The molecule has 0 aliphatic carbocycles. The summed E-state index contributed by atoms with van der Waals surface area (Å²) in [4.78, 5) is 0. The van der Waals surface area contributed by atoms with Crippen LogP contribution in [0.1, 0.15) is 40.0 Å². The Morgan fingerprint density at radius 3 is 2.55 bits per heavy atom. The van der Waals surface area contributed by atoms with E-state index in [1.165, 1.54) is 18.4 Å². The van der Waals surface area contributed by atoms with Crippen molar-refractivity contribution >= 4 is 0 Å². The topological polar surface area (TPSA) is 0 Å². The summed E-state index contributed by atoms with van der Waals surface area (Å²) >= 11 is 0. The van der Waals surface area contributed by atoms with Crippen LogP contribution >= 0.6 is 0 Å². The van der Waals surface area contributed by atoms with Crippen LogP contribution in [0.4, 0.5) is 0 Å². The van der Waals surface area contributed by atoms with E-state index in [0.29, 0.717) is 0 Å². The van der Waals surface area contributed by atoms with E-state index < -0.39 is 0 Å². The van der Waals surface area contributed by atoms with Gasteiger partial charge in [-0.1, -0.05) is 24.6 Å². The van der Waals surface area contributed by atoms with Crippen LogP contribution in [0.25, 0.3) is 0 Å². The summed E-state index contributed by atoms with van der Waals surface area (Å²) in [6.45, 7) is 10.3. The van der Waals surface area contributed by atoms with E-state index in [0.717, 1.165) is 12.3 Å². The van der Waals surface area contributed by atoms with Crippen molar-refractivity contribution in [1.82, 2.24) is 0 Å². The van der Waals surface area contributed by atoms with E-state index in [1.54, 1.807) is 0 Å². The monoisotopic (exact) mass is 152 g/mol. The molecule has 0 saturated carbocycles. The molecule has 0 radical (unpaired) electrons. The van der Waals surface area contributed by atoms with E-state index >= 15 is 0 Å². The minimum absolute atomic E-state index is 0.795. The molecule has 0 saturated heterocycles. The summed E-state index contributed by atoms with van der Waals surface area (Å²) in [5.74, 6) is 0.795. The average Bonchev–Trinajstić information content (AvgIpc) is 1.87. The summed E-state index contributed by atoms with van der Waals surface area (Å²) in [7, 11) is 0. The predicted molar refractivity (Wildman–Crippen MR) is 52.6 cm³/mol. The molecule has 0 unspecified atom stereocenters. The molecule has 0 N–H and O–H groups in total. The van der Waals surface area contributed by atoms with Gasteiger partial charge in [0.05, 0.1) is 0 Å². The lowest BCUT2D eigenvalue weighted by molar-refractivity contribution is 0.546. The maximum atomic E-state index is 3.73. The van der Waals surface area contributed by atoms with Crippen LogP contribution in [0.3, 0.4) is 0 Å². The first-order valence-corrected chi connectivity index (χ1v) is 4.41. The Bertz CT molecular complexity index is 127. The maximum Gasteiger partial charge on any atom is -0.0327 e. The average molecular weight is 152 g/mol. The lowest BCUT2D eigenvalue weighted by Gasteiger charge is -2.05. The first kappa shape index (κ1) is 10.5. The van der Waals surface area contributed by atoms with Crippen molar-refractivity contribution in [2.75, 3.05) is 0 Å². The minimum Gasteiger partial charge on any atom is -0.103 e.